The third-order valence-corrected chi connectivity index (χ3v) is 3.28. The van der Waals surface area contributed by atoms with Gasteiger partial charge in [0.1, 0.15) is 12.1 Å². The lowest BCUT2D eigenvalue weighted by Gasteiger charge is -2.12. The predicted octanol–water partition coefficient (Wildman–Crippen LogP) is 3.37. The van der Waals surface area contributed by atoms with Crippen molar-refractivity contribution in [1.82, 2.24) is 9.97 Å². The average molecular weight is 273 g/mol. The molecule has 0 radical (unpaired) electrons. The number of benzene rings is 1. The van der Waals surface area contributed by atoms with Crippen molar-refractivity contribution in [3.63, 3.8) is 0 Å². The third-order valence-electron chi connectivity index (χ3n) is 3.28. The molecule has 0 aliphatic carbocycles. The fourth-order valence-electron chi connectivity index (χ4n) is 1.85. The Kier molecular flexibility index (Phi) is 4.40. The van der Waals surface area contributed by atoms with Gasteiger partial charge in [0.2, 0.25) is 5.75 Å². The molecule has 106 valence electrons. The van der Waals surface area contributed by atoms with Crippen LogP contribution in [-0.4, -0.2) is 17.1 Å². The summed E-state index contributed by atoms with van der Waals surface area (Å²) >= 11 is 0. The first-order chi connectivity index (χ1) is 9.65. The molecule has 0 fully saturated rings. The normalized spacial score (nSPS) is 11.9. The molecule has 2 N–H and O–H groups in total. The minimum absolute atomic E-state index is 0.258. The molecule has 0 aliphatic heterocycles. The molecule has 0 amide bonds. The van der Waals surface area contributed by atoms with Crippen molar-refractivity contribution in [3.8, 4) is 17.4 Å². The van der Waals surface area contributed by atoms with Crippen LogP contribution in [0, 0.1) is 0 Å². The van der Waals surface area contributed by atoms with E-state index in [0.29, 0.717) is 23.3 Å². The first-order valence-corrected chi connectivity index (χ1v) is 6.58. The Balaban J connectivity index is 2.20. The summed E-state index contributed by atoms with van der Waals surface area (Å²) in [7, 11) is 1.51. The van der Waals surface area contributed by atoms with Gasteiger partial charge in [0.15, 0.2) is 5.82 Å². The van der Waals surface area contributed by atoms with Gasteiger partial charge in [-0.1, -0.05) is 26.0 Å². The second-order valence-corrected chi connectivity index (χ2v) is 4.58. The molecule has 1 unspecified atom stereocenters. The molecule has 1 aromatic heterocycles. The number of hydrogen-bond acceptors (Lipinski definition) is 5. The van der Waals surface area contributed by atoms with Gasteiger partial charge in [0.05, 0.1) is 7.11 Å². The first-order valence-electron chi connectivity index (χ1n) is 6.58. The number of aromatic nitrogens is 2. The maximum absolute atomic E-state index is 5.71. The zero-order valence-corrected chi connectivity index (χ0v) is 12.0. The number of hydrogen-bond donors (Lipinski definition) is 1. The van der Waals surface area contributed by atoms with E-state index < -0.39 is 0 Å². The lowest BCUT2D eigenvalue weighted by molar-refractivity contribution is 0.369. The Morgan fingerprint density at radius 2 is 1.90 bits per heavy atom. The van der Waals surface area contributed by atoms with Gasteiger partial charge in [-0.05, 0) is 30.0 Å². The molecule has 0 aliphatic rings. The summed E-state index contributed by atoms with van der Waals surface area (Å²) in [6.07, 6.45) is 2.46. The summed E-state index contributed by atoms with van der Waals surface area (Å²) in [5.41, 5.74) is 7.00. The van der Waals surface area contributed by atoms with Gasteiger partial charge in [-0.3, -0.25) is 0 Å². The van der Waals surface area contributed by atoms with Crippen LogP contribution in [0.2, 0.25) is 0 Å². The number of methoxy groups -OCH3 is 1. The number of nitrogen functional groups attached to an aromatic ring is 1. The molecule has 1 heterocycles. The van der Waals surface area contributed by atoms with Crippen LogP contribution in [0.1, 0.15) is 31.7 Å². The SMILES string of the molecule is CCC(C)c1ccc(Oc2ncnc(N)c2OC)cc1. The Bertz CT molecular complexity index is 570. The van der Waals surface area contributed by atoms with Crippen molar-refractivity contribution in [1.29, 1.82) is 0 Å². The molecule has 2 rings (SSSR count). The summed E-state index contributed by atoms with van der Waals surface area (Å²) in [5.74, 6) is 2.14. The largest absolute Gasteiger partial charge is 0.489 e. The van der Waals surface area contributed by atoms with Gasteiger partial charge < -0.3 is 15.2 Å². The van der Waals surface area contributed by atoms with E-state index in [2.05, 4.69) is 35.9 Å². The molecule has 1 atom stereocenters. The summed E-state index contributed by atoms with van der Waals surface area (Å²) < 4.78 is 10.8. The van der Waals surface area contributed by atoms with E-state index in [9.17, 15) is 0 Å². The molecule has 20 heavy (non-hydrogen) atoms. The van der Waals surface area contributed by atoms with Crippen LogP contribution >= 0.6 is 0 Å². The lowest BCUT2D eigenvalue weighted by atomic mass is 9.99. The van der Waals surface area contributed by atoms with E-state index in [0.717, 1.165) is 6.42 Å². The van der Waals surface area contributed by atoms with E-state index in [1.807, 2.05) is 12.1 Å². The molecule has 5 nitrogen and oxygen atoms in total. The van der Waals surface area contributed by atoms with Crippen LogP contribution in [0.25, 0.3) is 0 Å². The highest BCUT2D eigenvalue weighted by Gasteiger charge is 2.12. The number of rotatable bonds is 5. The zero-order chi connectivity index (χ0) is 14.5. The number of ether oxygens (including phenoxy) is 2. The van der Waals surface area contributed by atoms with E-state index >= 15 is 0 Å². The van der Waals surface area contributed by atoms with Gasteiger partial charge in [0, 0.05) is 0 Å². The Hall–Kier alpha value is -2.30. The number of nitrogens with two attached hydrogens (primary N) is 1. The zero-order valence-electron chi connectivity index (χ0n) is 12.0. The Morgan fingerprint density at radius 1 is 1.20 bits per heavy atom. The van der Waals surface area contributed by atoms with Crippen LogP contribution in [0.3, 0.4) is 0 Å². The van der Waals surface area contributed by atoms with Crippen LogP contribution in [0.4, 0.5) is 5.82 Å². The summed E-state index contributed by atoms with van der Waals surface area (Å²) in [6.45, 7) is 4.37. The van der Waals surface area contributed by atoms with Crippen molar-refractivity contribution in [3.05, 3.63) is 36.2 Å². The molecule has 5 heteroatoms. The number of anilines is 1. The topological polar surface area (TPSA) is 70.3 Å². The van der Waals surface area contributed by atoms with Gasteiger partial charge in [0.25, 0.3) is 5.88 Å². The smallest absolute Gasteiger partial charge is 0.268 e. The van der Waals surface area contributed by atoms with Crippen LogP contribution in [0.5, 0.6) is 17.4 Å². The van der Waals surface area contributed by atoms with Gasteiger partial charge >= 0.3 is 0 Å². The number of nitrogens with zero attached hydrogens (tertiary/aromatic N) is 2. The molecule has 2 aromatic rings. The van der Waals surface area contributed by atoms with Crippen molar-refractivity contribution in [2.75, 3.05) is 12.8 Å². The monoisotopic (exact) mass is 273 g/mol. The van der Waals surface area contributed by atoms with E-state index in [4.69, 9.17) is 15.2 Å². The van der Waals surface area contributed by atoms with Crippen molar-refractivity contribution >= 4 is 5.82 Å². The first kappa shape index (κ1) is 14.1. The average Bonchev–Trinajstić information content (AvgIpc) is 2.47. The molecule has 0 saturated carbocycles. The minimum atomic E-state index is 0.258. The molecule has 1 aromatic carbocycles. The van der Waals surface area contributed by atoms with E-state index in [1.54, 1.807) is 0 Å². The van der Waals surface area contributed by atoms with Crippen molar-refractivity contribution in [2.45, 2.75) is 26.2 Å². The van der Waals surface area contributed by atoms with Crippen molar-refractivity contribution < 1.29 is 9.47 Å². The standard InChI is InChI=1S/C15H19N3O2/c1-4-10(2)11-5-7-12(8-6-11)20-15-13(19-3)14(16)17-9-18-15/h5-10H,4H2,1-3H3,(H2,16,17,18). The quantitative estimate of drug-likeness (QED) is 0.904. The van der Waals surface area contributed by atoms with Crippen molar-refractivity contribution in [2.24, 2.45) is 0 Å². The highest BCUT2D eigenvalue weighted by atomic mass is 16.5. The lowest BCUT2D eigenvalue weighted by Crippen LogP contribution is -2.00. The van der Waals surface area contributed by atoms with Crippen LogP contribution in [-0.2, 0) is 0 Å². The maximum atomic E-state index is 5.71. The Morgan fingerprint density at radius 3 is 2.50 bits per heavy atom. The Labute approximate surface area is 118 Å². The third kappa shape index (κ3) is 2.99. The summed E-state index contributed by atoms with van der Waals surface area (Å²) in [6, 6.07) is 7.94. The molecule has 0 bridgehead atoms. The highest BCUT2D eigenvalue weighted by Crippen LogP contribution is 2.32. The minimum Gasteiger partial charge on any atom is -0.489 e. The molecular weight excluding hydrogens is 254 g/mol. The second kappa shape index (κ2) is 6.23. The van der Waals surface area contributed by atoms with Gasteiger partial charge in [-0.25, -0.2) is 4.98 Å². The fourth-order valence-corrected chi connectivity index (χ4v) is 1.85. The summed E-state index contributed by atoms with van der Waals surface area (Å²) in [4.78, 5) is 7.90. The fraction of sp³-hybridized carbons (Fsp3) is 0.333. The molecule has 0 saturated heterocycles. The molecular formula is C15H19N3O2. The summed E-state index contributed by atoms with van der Waals surface area (Å²) in [5, 5.41) is 0. The van der Waals surface area contributed by atoms with E-state index in [-0.39, 0.29) is 5.82 Å². The van der Waals surface area contributed by atoms with Crippen LogP contribution < -0.4 is 15.2 Å². The van der Waals surface area contributed by atoms with E-state index in [1.165, 1.54) is 19.0 Å². The maximum Gasteiger partial charge on any atom is 0.268 e. The molecule has 0 spiro atoms. The highest BCUT2D eigenvalue weighted by molar-refractivity contribution is 5.52. The van der Waals surface area contributed by atoms with Gasteiger partial charge in [-0.2, -0.15) is 4.98 Å². The van der Waals surface area contributed by atoms with Crippen LogP contribution in [0.15, 0.2) is 30.6 Å². The second-order valence-electron chi connectivity index (χ2n) is 4.58. The predicted molar refractivity (Wildman–Crippen MR) is 78.2 cm³/mol. The van der Waals surface area contributed by atoms with Gasteiger partial charge in [-0.15, -0.1) is 0 Å².